The van der Waals surface area contributed by atoms with Crippen LogP contribution in [0.5, 0.6) is 0 Å². The molecule has 2 aromatic carbocycles. The SMILES string of the molecule is CCOC(=O)C1(C2CCCCC2)CCN(C(=O)[C@@H](Cc2ccc(F)cc2)NC(=O)C2Cc3ccccc3C2N)CC1. The summed E-state index contributed by atoms with van der Waals surface area (Å²) >= 11 is 0. The largest absolute Gasteiger partial charge is 0.466 e. The molecule has 3 atom stereocenters. The van der Waals surface area contributed by atoms with Gasteiger partial charge >= 0.3 is 5.97 Å². The monoisotopic (exact) mass is 563 g/mol. The molecule has 1 saturated heterocycles. The standard InChI is InChI=1S/C33H42FN3O4/c1-2-41-32(40)33(24-9-4-3-5-10-24)16-18-37(19-17-33)31(39)28(20-22-12-14-25(34)15-13-22)36-30(38)27-21-23-8-6-7-11-26(23)29(27)35/h6-8,11-15,24,27-29H,2-5,9-10,16-21,35H2,1H3,(H,36,38)/t27?,28-,29?/m1/s1. The maximum Gasteiger partial charge on any atom is 0.312 e. The summed E-state index contributed by atoms with van der Waals surface area (Å²) < 4.78 is 19.2. The molecule has 2 unspecified atom stereocenters. The van der Waals surface area contributed by atoms with Crippen molar-refractivity contribution >= 4 is 17.8 Å². The maximum atomic E-state index is 14.0. The van der Waals surface area contributed by atoms with Crippen LogP contribution in [0, 0.1) is 23.1 Å². The molecule has 8 heteroatoms. The van der Waals surface area contributed by atoms with Gasteiger partial charge in [-0.05, 0) is 73.8 Å². The van der Waals surface area contributed by atoms with Crippen molar-refractivity contribution < 1.29 is 23.5 Å². The van der Waals surface area contributed by atoms with Gasteiger partial charge in [0.2, 0.25) is 11.8 Å². The Labute approximate surface area is 242 Å². The molecular weight excluding hydrogens is 521 g/mol. The van der Waals surface area contributed by atoms with Crippen molar-refractivity contribution in [3.05, 3.63) is 71.0 Å². The van der Waals surface area contributed by atoms with Gasteiger partial charge in [0.1, 0.15) is 11.9 Å². The predicted molar refractivity (Wildman–Crippen MR) is 154 cm³/mol. The van der Waals surface area contributed by atoms with Crippen molar-refractivity contribution in [3.63, 3.8) is 0 Å². The van der Waals surface area contributed by atoms with Gasteiger partial charge in [0, 0.05) is 25.6 Å². The molecule has 220 valence electrons. The minimum atomic E-state index is -0.825. The number of ether oxygens (including phenoxy) is 1. The molecule has 0 bridgehead atoms. The van der Waals surface area contributed by atoms with E-state index in [0.717, 1.165) is 42.4 Å². The van der Waals surface area contributed by atoms with Crippen molar-refractivity contribution in [2.45, 2.75) is 76.8 Å². The highest BCUT2D eigenvalue weighted by atomic mass is 19.1. The lowest BCUT2D eigenvalue weighted by atomic mass is 9.63. The first-order valence-electron chi connectivity index (χ1n) is 15.2. The van der Waals surface area contributed by atoms with Crippen molar-refractivity contribution in [1.29, 1.82) is 0 Å². The molecule has 1 aliphatic heterocycles. The number of nitrogens with zero attached hydrogens (tertiary/aromatic N) is 1. The fourth-order valence-electron chi connectivity index (χ4n) is 7.27. The van der Waals surface area contributed by atoms with Crippen molar-refractivity contribution in [2.24, 2.45) is 23.0 Å². The zero-order valence-corrected chi connectivity index (χ0v) is 23.9. The number of piperidine rings is 1. The highest BCUT2D eigenvalue weighted by molar-refractivity contribution is 5.90. The van der Waals surface area contributed by atoms with Gasteiger partial charge in [-0.2, -0.15) is 0 Å². The second-order valence-electron chi connectivity index (χ2n) is 12.0. The number of rotatable bonds is 8. The van der Waals surface area contributed by atoms with E-state index in [1.165, 1.54) is 18.6 Å². The Kier molecular flexibility index (Phi) is 9.07. The third kappa shape index (κ3) is 6.17. The van der Waals surface area contributed by atoms with E-state index in [1.807, 2.05) is 31.2 Å². The average molecular weight is 564 g/mol. The normalized spacial score (nSPS) is 23.0. The predicted octanol–water partition coefficient (Wildman–Crippen LogP) is 4.48. The molecule has 5 rings (SSSR count). The van der Waals surface area contributed by atoms with Crippen LogP contribution in [0.1, 0.15) is 74.6 Å². The average Bonchev–Trinajstić information content (AvgIpc) is 3.34. The lowest BCUT2D eigenvalue weighted by molar-refractivity contribution is -0.166. The number of benzene rings is 2. The van der Waals surface area contributed by atoms with Crippen LogP contribution in [-0.4, -0.2) is 48.4 Å². The molecule has 2 aromatic rings. The fraction of sp³-hybridized carbons (Fsp3) is 0.545. The number of halogens is 1. The highest BCUT2D eigenvalue weighted by Gasteiger charge is 2.49. The fourth-order valence-corrected chi connectivity index (χ4v) is 7.27. The summed E-state index contributed by atoms with van der Waals surface area (Å²) in [5.74, 6) is -1.13. The second kappa shape index (κ2) is 12.7. The zero-order valence-electron chi connectivity index (χ0n) is 23.9. The van der Waals surface area contributed by atoms with Gasteiger partial charge in [-0.3, -0.25) is 14.4 Å². The molecule has 0 aromatic heterocycles. The Morgan fingerprint density at radius 2 is 1.73 bits per heavy atom. The number of nitrogens with two attached hydrogens (primary N) is 1. The summed E-state index contributed by atoms with van der Waals surface area (Å²) in [5.41, 5.74) is 8.67. The van der Waals surface area contributed by atoms with E-state index in [1.54, 1.807) is 17.0 Å². The number of esters is 1. The number of nitrogens with one attached hydrogen (secondary N) is 1. The summed E-state index contributed by atoms with van der Waals surface area (Å²) in [6, 6.07) is 12.5. The van der Waals surface area contributed by atoms with Crippen LogP contribution in [0.15, 0.2) is 48.5 Å². The number of hydrogen-bond donors (Lipinski definition) is 2. The molecule has 2 aliphatic carbocycles. The van der Waals surface area contributed by atoms with Gasteiger partial charge in [-0.25, -0.2) is 4.39 Å². The van der Waals surface area contributed by atoms with Crippen molar-refractivity contribution in [2.75, 3.05) is 19.7 Å². The Hall–Kier alpha value is -3.26. The third-order valence-corrected chi connectivity index (χ3v) is 9.63. The minimum Gasteiger partial charge on any atom is -0.466 e. The Balaban J connectivity index is 1.32. The van der Waals surface area contributed by atoms with E-state index >= 15 is 0 Å². The van der Waals surface area contributed by atoms with E-state index < -0.39 is 23.4 Å². The van der Waals surface area contributed by atoms with Gasteiger partial charge in [0.25, 0.3) is 0 Å². The summed E-state index contributed by atoms with van der Waals surface area (Å²) in [4.78, 5) is 42.6. The molecule has 1 heterocycles. The molecule has 1 saturated carbocycles. The van der Waals surface area contributed by atoms with Gasteiger partial charge in [-0.15, -0.1) is 0 Å². The van der Waals surface area contributed by atoms with Crippen LogP contribution in [0.4, 0.5) is 4.39 Å². The Morgan fingerprint density at radius 3 is 2.39 bits per heavy atom. The van der Waals surface area contributed by atoms with E-state index in [2.05, 4.69) is 5.32 Å². The Morgan fingerprint density at radius 1 is 1.05 bits per heavy atom. The van der Waals surface area contributed by atoms with Crippen molar-refractivity contribution in [1.82, 2.24) is 10.2 Å². The minimum absolute atomic E-state index is 0.134. The van der Waals surface area contributed by atoms with Gasteiger partial charge in [-0.1, -0.05) is 55.7 Å². The molecule has 3 aliphatic rings. The lowest BCUT2D eigenvalue weighted by Crippen LogP contribution is -2.56. The lowest BCUT2D eigenvalue weighted by Gasteiger charge is -2.46. The number of hydrogen-bond acceptors (Lipinski definition) is 5. The molecule has 0 radical (unpaired) electrons. The van der Waals surface area contributed by atoms with E-state index in [9.17, 15) is 18.8 Å². The summed E-state index contributed by atoms with van der Waals surface area (Å²) in [6.07, 6.45) is 7.33. The van der Waals surface area contributed by atoms with Gasteiger partial charge in [0.15, 0.2) is 0 Å². The van der Waals surface area contributed by atoms with Gasteiger partial charge in [0.05, 0.1) is 17.9 Å². The van der Waals surface area contributed by atoms with Crippen LogP contribution in [-0.2, 0) is 32.0 Å². The van der Waals surface area contributed by atoms with Crippen molar-refractivity contribution in [3.8, 4) is 0 Å². The molecule has 3 N–H and O–H groups in total. The number of carbonyl (C=O) groups excluding carboxylic acids is 3. The van der Waals surface area contributed by atoms with Crippen LogP contribution in [0.25, 0.3) is 0 Å². The van der Waals surface area contributed by atoms with Crippen LogP contribution < -0.4 is 11.1 Å². The smallest absolute Gasteiger partial charge is 0.312 e. The summed E-state index contributed by atoms with van der Waals surface area (Å²) in [5, 5.41) is 3.02. The summed E-state index contributed by atoms with van der Waals surface area (Å²) in [7, 11) is 0. The second-order valence-corrected chi connectivity index (χ2v) is 12.0. The van der Waals surface area contributed by atoms with E-state index in [-0.39, 0.29) is 35.9 Å². The van der Waals surface area contributed by atoms with E-state index in [4.69, 9.17) is 10.5 Å². The number of fused-ring (bicyclic) bond motifs is 1. The van der Waals surface area contributed by atoms with E-state index in [0.29, 0.717) is 39.0 Å². The molecule has 7 nitrogen and oxygen atoms in total. The van der Waals surface area contributed by atoms with Crippen LogP contribution in [0.2, 0.25) is 0 Å². The number of amides is 2. The molecule has 41 heavy (non-hydrogen) atoms. The van der Waals surface area contributed by atoms with Gasteiger partial charge < -0.3 is 20.7 Å². The topological polar surface area (TPSA) is 102 Å². The molecular formula is C33H42FN3O4. The first-order chi connectivity index (χ1) is 19.8. The Bertz CT molecular complexity index is 1240. The quantitative estimate of drug-likeness (QED) is 0.462. The zero-order chi connectivity index (χ0) is 29.0. The van der Waals surface area contributed by atoms with Crippen LogP contribution >= 0.6 is 0 Å². The first-order valence-corrected chi connectivity index (χ1v) is 15.2. The maximum absolute atomic E-state index is 14.0. The molecule has 0 spiro atoms. The molecule has 2 fully saturated rings. The first kappa shape index (κ1) is 29.2. The summed E-state index contributed by atoms with van der Waals surface area (Å²) in [6.45, 7) is 3.04. The molecule has 2 amide bonds. The van der Waals surface area contributed by atoms with Crippen LogP contribution in [0.3, 0.4) is 0 Å². The highest BCUT2D eigenvalue weighted by Crippen LogP contribution is 2.47. The third-order valence-electron chi connectivity index (χ3n) is 9.63. The number of carbonyl (C=O) groups is 3. The number of likely N-dealkylation sites (tertiary alicyclic amines) is 1.